The van der Waals surface area contributed by atoms with Crippen LogP contribution in [0.5, 0.6) is 0 Å². The summed E-state index contributed by atoms with van der Waals surface area (Å²) in [5, 5.41) is 0.644. The fraction of sp³-hybridized carbons (Fsp3) is 0.310. The SMILES string of the molecule is CCN(CC)CCN(C(=O)c1ccc(S(=O)(=O)N(C)Cc2ccccc2)cc1)c1nc2c(C)cccc2s1. The lowest BCUT2D eigenvalue weighted by atomic mass is 10.2. The fourth-order valence-electron chi connectivity index (χ4n) is 4.29. The second-order valence-corrected chi connectivity index (χ2v) is 12.2. The Labute approximate surface area is 229 Å². The van der Waals surface area contributed by atoms with Gasteiger partial charge in [-0.15, -0.1) is 0 Å². The molecule has 0 saturated heterocycles. The molecule has 1 aromatic heterocycles. The van der Waals surface area contributed by atoms with Crippen LogP contribution in [0.1, 0.15) is 35.3 Å². The minimum atomic E-state index is -3.71. The van der Waals surface area contributed by atoms with Gasteiger partial charge in [-0.1, -0.05) is 67.6 Å². The van der Waals surface area contributed by atoms with Crippen LogP contribution in [0.2, 0.25) is 0 Å². The average Bonchev–Trinajstić information content (AvgIpc) is 3.37. The zero-order valence-electron chi connectivity index (χ0n) is 22.3. The van der Waals surface area contributed by atoms with E-state index in [1.54, 1.807) is 24.1 Å². The van der Waals surface area contributed by atoms with Crippen molar-refractivity contribution < 1.29 is 13.2 Å². The summed E-state index contributed by atoms with van der Waals surface area (Å²) in [7, 11) is -2.15. The molecule has 0 unspecified atom stereocenters. The van der Waals surface area contributed by atoms with Gasteiger partial charge in [0.2, 0.25) is 10.0 Å². The molecule has 0 fully saturated rings. The number of fused-ring (bicyclic) bond motifs is 1. The monoisotopic (exact) mass is 550 g/mol. The molecule has 38 heavy (non-hydrogen) atoms. The van der Waals surface area contributed by atoms with E-state index in [2.05, 4.69) is 18.7 Å². The molecular formula is C29H34N4O3S2. The highest BCUT2D eigenvalue weighted by atomic mass is 32.2. The van der Waals surface area contributed by atoms with E-state index in [0.717, 1.165) is 34.4 Å². The van der Waals surface area contributed by atoms with Crippen molar-refractivity contribution in [3.63, 3.8) is 0 Å². The van der Waals surface area contributed by atoms with Crippen LogP contribution in [0.4, 0.5) is 5.13 Å². The van der Waals surface area contributed by atoms with Crippen molar-refractivity contribution in [2.24, 2.45) is 0 Å². The van der Waals surface area contributed by atoms with Crippen LogP contribution in [0.3, 0.4) is 0 Å². The second kappa shape index (κ2) is 12.2. The van der Waals surface area contributed by atoms with Gasteiger partial charge < -0.3 is 4.90 Å². The summed E-state index contributed by atoms with van der Waals surface area (Å²) in [6.45, 7) is 9.46. The van der Waals surface area contributed by atoms with Gasteiger partial charge in [0.15, 0.2) is 5.13 Å². The molecule has 0 aliphatic carbocycles. The van der Waals surface area contributed by atoms with Gasteiger partial charge in [-0.05, 0) is 61.5 Å². The van der Waals surface area contributed by atoms with E-state index < -0.39 is 10.0 Å². The minimum Gasteiger partial charge on any atom is -0.302 e. The molecule has 0 aliphatic heterocycles. The number of hydrogen-bond acceptors (Lipinski definition) is 6. The number of rotatable bonds is 11. The Morgan fingerprint density at radius 2 is 1.58 bits per heavy atom. The van der Waals surface area contributed by atoms with Crippen LogP contribution in [0.25, 0.3) is 10.2 Å². The molecule has 200 valence electrons. The molecule has 9 heteroatoms. The molecule has 3 aromatic carbocycles. The van der Waals surface area contributed by atoms with Crippen LogP contribution in [-0.4, -0.2) is 61.7 Å². The highest BCUT2D eigenvalue weighted by Crippen LogP contribution is 2.31. The lowest BCUT2D eigenvalue weighted by molar-refractivity contribution is 0.0983. The number of carbonyl (C=O) groups is 1. The van der Waals surface area contributed by atoms with E-state index in [9.17, 15) is 13.2 Å². The topological polar surface area (TPSA) is 73.8 Å². The van der Waals surface area contributed by atoms with E-state index in [1.807, 2.05) is 55.5 Å². The van der Waals surface area contributed by atoms with Crippen molar-refractivity contribution >= 4 is 42.6 Å². The summed E-state index contributed by atoms with van der Waals surface area (Å²) in [6.07, 6.45) is 0. The van der Waals surface area contributed by atoms with Gasteiger partial charge in [0.05, 0.1) is 15.1 Å². The van der Waals surface area contributed by atoms with Crippen LogP contribution in [0, 0.1) is 6.92 Å². The first kappa shape index (κ1) is 27.9. The van der Waals surface area contributed by atoms with Gasteiger partial charge in [0.1, 0.15) is 0 Å². The number of amides is 1. The lowest BCUT2D eigenvalue weighted by Crippen LogP contribution is -2.38. The molecule has 0 N–H and O–H groups in total. The molecule has 4 rings (SSSR count). The largest absolute Gasteiger partial charge is 0.302 e. The first-order chi connectivity index (χ1) is 18.2. The molecule has 1 heterocycles. The number of benzene rings is 3. The fourth-order valence-corrected chi connectivity index (χ4v) is 6.51. The number of para-hydroxylation sites is 1. The molecule has 0 spiro atoms. The van der Waals surface area contributed by atoms with Gasteiger partial charge in [-0.25, -0.2) is 13.4 Å². The molecule has 0 aliphatic rings. The number of likely N-dealkylation sites (N-methyl/N-ethyl adjacent to an activating group) is 1. The molecule has 0 radical (unpaired) electrons. The van der Waals surface area contributed by atoms with Gasteiger partial charge in [-0.3, -0.25) is 9.69 Å². The number of aryl methyl sites for hydroxylation is 1. The minimum absolute atomic E-state index is 0.151. The van der Waals surface area contributed by atoms with Gasteiger partial charge >= 0.3 is 0 Å². The zero-order valence-corrected chi connectivity index (χ0v) is 23.9. The predicted molar refractivity (Wildman–Crippen MR) is 155 cm³/mol. The van der Waals surface area contributed by atoms with Gasteiger partial charge in [0.25, 0.3) is 5.91 Å². The van der Waals surface area contributed by atoms with E-state index in [1.165, 1.54) is 27.8 Å². The molecule has 0 saturated carbocycles. The normalized spacial score (nSPS) is 11.9. The van der Waals surface area contributed by atoms with Crippen LogP contribution >= 0.6 is 11.3 Å². The third kappa shape index (κ3) is 6.13. The van der Waals surface area contributed by atoms with Crippen molar-refractivity contribution in [1.82, 2.24) is 14.2 Å². The van der Waals surface area contributed by atoms with Gasteiger partial charge in [-0.2, -0.15) is 4.31 Å². The Hall–Kier alpha value is -3.11. The zero-order chi connectivity index (χ0) is 27.3. The maximum Gasteiger partial charge on any atom is 0.260 e. The number of thiazole rings is 1. The summed E-state index contributed by atoms with van der Waals surface area (Å²) in [6, 6.07) is 21.7. The Kier molecular flexibility index (Phi) is 8.94. The molecule has 0 atom stereocenters. The summed E-state index contributed by atoms with van der Waals surface area (Å²) >= 11 is 1.49. The Morgan fingerprint density at radius 1 is 0.895 bits per heavy atom. The van der Waals surface area contributed by atoms with Crippen LogP contribution in [0.15, 0.2) is 77.7 Å². The maximum atomic E-state index is 13.7. The molecule has 4 aromatic rings. The summed E-state index contributed by atoms with van der Waals surface area (Å²) in [5.74, 6) is -0.199. The van der Waals surface area contributed by atoms with Crippen LogP contribution < -0.4 is 4.90 Å². The molecular weight excluding hydrogens is 516 g/mol. The average molecular weight is 551 g/mol. The molecule has 7 nitrogen and oxygen atoms in total. The van der Waals surface area contributed by atoms with E-state index >= 15 is 0 Å². The highest BCUT2D eigenvalue weighted by Gasteiger charge is 2.25. The summed E-state index contributed by atoms with van der Waals surface area (Å²) in [4.78, 5) is 22.7. The van der Waals surface area contributed by atoms with Crippen molar-refractivity contribution in [3.05, 3.63) is 89.5 Å². The van der Waals surface area contributed by atoms with E-state index in [-0.39, 0.29) is 17.3 Å². The van der Waals surface area contributed by atoms with Crippen molar-refractivity contribution in [1.29, 1.82) is 0 Å². The third-order valence-corrected chi connectivity index (χ3v) is 9.54. The number of carbonyl (C=O) groups excluding carboxylic acids is 1. The van der Waals surface area contributed by atoms with Crippen molar-refractivity contribution in [2.45, 2.75) is 32.2 Å². The van der Waals surface area contributed by atoms with E-state index in [0.29, 0.717) is 23.8 Å². The third-order valence-electron chi connectivity index (χ3n) is 6.68. The second-order valence-electron chi connectivity index (χ2n) is 9.17. The Balaban J connectivity index is 1.59. The quantitative estimate of drug-likeness (QED) is 0.250. The summed E-state index contributed by atoms with van der Waals surface area (Å²) < 4.78 is 28.7. The van der Waals surface area contributed by atoms with E-state index in [4.69, 9.17) is 4.98 Å². The van der Waals surface area contributed by atoms with Crippen LogP contribution in [-0.2, 0) is 16.6 Å². The van der Waals surface area contributed by atoms with Crippen molar-refractivity contribution in [2.75, 3.05) is 38.1 Å². The lowest BCUT2D eigenvalue weighted by Gasteiger charge is -2.25. The highest BCUT2D eigenvalue weighted by molar-refractivity contribution is 7.89. The smallest absolute Gasteiger partial charge is 0.260 e. The molecule has 1 amide bonds. The summed E-state index contributed by atoms with van der Waals surface area (Å²) in [5.41, 5.74) is 3.29. The number of aromatic nitrogens is 1. The Morgan fingerprint density at radius 3 is 2.21 bits per heavy atom. The number of nitrogens with zero attached hydrogens (tertiary/aromatic N) is 4. The van der Waals surface area contributed by atoms with Gasteiger partial charge in [0, 0.05) is 32.2 Å². The standard InChI is InChI=1S/C29H34N4O3S2/c1-5-32(6-2)19-20-33(29-30-27-22(3)11-10-14-26(27)37-29)28(34)24-15-17-25(18-16-24)38(35,36)31(4)21-23-12-8-7-9-13-23/h7-18H,5-6,19-21H2,1-4H3. The molecule has 0 bridgehead atoms. The first-order valence-electron chi connectivity index (χ1n) is 12.7. The maximum absolute atomic E-state index is 13.7. The predicted octanol–water partition coefficient (Wildman–Crippen LogP) is 5.41. The van der Waals surface area contributed by atoms with Crippen molar-refractivity contribution in [3.8, 4) is 0 Å². The number of sulfonamides is 1. The number of hydrogen-bond donors (Lipinski definition) is 0. The number of anilines is 1. The Bertz CT molecular complexity index is 1480. The first-order valence-corrected chi connectivity index (χ1v) is 15.0.